The zero-order valence-corrected chi connectivity index (χ0v) is 16.9. The molecule has 136 valence electrons. The summed E-state index contributed by atoms with van der Waals surface area (Å²) in [7, 11) is -3.25. The summed E-state index contributed by atoms with van der Waals surface area (Å²) in [6, 6.07) is 12.5. The summed E-state index contributed by atoms with van der Waals surface area (Å²) in [5.74, 6) is -0.342. The molecule has 2 aromatic heterocycles. The van der Waals surface area contributed by atoms with E-state index < -0.39 is 9.84 Å². The van der Waals surface area contributed by atoms with Gasteiger partial charge in [0.05, 0.1) is 15.5 Å². The van der Waals surface area contributed by atoms with Crippen LogP contribution in [0.3, 0.4) is 0 Å². The molecule has 0 radical (unpaired) electrons. The second-order valence-electron chi connectivity index (χ2n) is 5.54. The van der Waals surface area contributed by atoms with E-state index in [0.29, 0.717) is 10.6 Å². The third kappa shape index (κ3) is 4.40. The van der Waals surface area contributed by atoms with E-state index in [1.807, 2.05) is 24.3 Å². The summed E-state index contributed by atoms with van der Waals surface area (Å²) in [6.07, 6.45) is 1.19. The summed E-state index contributed by atoms with van der Waals surface area (Å²) in [4.78, 5) is 13.3. The minimum atomic E-state index is -3.25. The molecule has 0 atom stereocenters. The lowest BCUT2D eigenvalue weighted by Gasteiger charge is -2.01. The minimum absolute atomic E-state index is 0.131. The standard InChI is InChI=1S/C17H15BrN2O4S2/c1-26(22,23)13-4-2-3-11(7-13)15-5-6-16(25-15)14-8-12(19-20-14)10-24-17(21)9-18/h2-8H,9-10H2,1H3,(H,19,20). The molecule has 26 heavy (non-hydrogen) atoms. The van der Waals surface area contributed by atoms with E-state index in [4.69, 9.17) is 4.74 Å². The van der Waals surface area contributed by atoms with Crippen LogP contribution >= 0.6 is 27.3 Å². The molecular weight excluding hydrogens is 440 g/mol. The molecule has 3 rings (SSSR count). The number of hydrogen-bond donors (Lipinski definition) is 1. The molecule has 0 spiro atoms. The molecule has 0 amide bonds. The van der Waals surface area contributed by atoms with Crippen molar-refractivity contribution < 1.29 is 17.9 Å². The molecule has 0 saturated heterocycles. The molecule has 0 bridgehead atoms. The van der Waals surface area contributed by atoms with Crippen molar-refractivity contribution in [2.75, 3.05) is 11.6 Å². The summed E-state index contributed by atoms with van der Waals surface area (Å²) in [5, 5.41) is 7.23. The summed E-state index contributed by atoms with van der Waals surface area (Å²) in [5.41, 5.74) is 2.28. The lowest BCUT2D eigenvalue weighted by atomic mass is 10.2. The molecule has 2 heterocycles. The molecular formula is C17H15BrN2O4S2. The van der Waals surface area contributed by atoms with Crippen molar-refractivity contribution in [1.29, 1.82) is 0 Å². The number of sulfone groups is 1. The fourth-order valence-electron chi connectivity index (χ4n) is 2.27. The maximum Gasteiger partial charge on any atom is 0.316 e. The normalized spacial score (nSPS) is 11.5. The van der Waals surface area contributed by atoms with E-state index in [-0.39, 0.29) is 17.9 Å². The molecule has 0 aliphatic rings. The van der Waals surface area contributed by atoms with Crippen LogP contribution in [0.4, 0.5) is 0 Å². The number of rotatable bonds is 6. The van der Waals surface area contributed by atoms with Gasteiger partial charge in [0, 0.05) is 11.1 Å². The van der Waals surface area contributed by atoms with Gasteiger partial charge in [-0.2, -0.15) is 5.10 Å². The molecule has 0 fully saturated rings. The second kappa shape index (κ2) is 7.73. The largest absolute Gasteiger partial charge is 0.459 e. The van der Waals surface area contributed by atoms with Crippen molar-refractivity contribution in [3.63, 3.8) is 0 Å². The Labute approximate surface area is 163 Å². The highest BCUT2D eigenvalue weighted by molar-refractivity contribution is 9.09. The van der Waals surface area contributed by atoms with Gasteiger partial charge in [-0.15, -0.1) is 11.3 Å². The highest BCUT2D eigenvalue weighted by Gasteiger charge is 2.12. The summed E-state index contributed by atoms with van der Waals surface area (Å²) < 4.78 is 28.5. The first-order chi connectivity index (χ1) is 12.4. The lowest BCUT2D eigenvalue weighted by molar-refractivity contribution is -0.141. The topological polar surface area (TPSA) is 89.1 Å². The smallest absolute Gasteiger partial charge is 0.316 e. The van der Waals surface area contributed by atoms with Crippen LogP contribution in [-0.2, 0) is 26.0 Å². The number of H-pyrrole nitrogens is 1. The predicted molar refractivity (Wildman–Crippen MR) is 104 cm³/mol. The van der Waals surface area contributed by atoms with Crippen molar-refractivity contribution in [3.05, 3.63) is 48.2 Å². The first-order valence-corrected chi connectivity index (χ1v) is 11.4. The van der Waals surface area contributed by atoms with E-state index in [1.54, 1.807) is 18.2 Å². The third-order valence-electron chi connectivity index (χ3n) is 3.53. The highest BCUT2D eigenvalue weighted by atomic mass is 79.9. The number of halogens is 1. The first kappa shape index (κ1) is 18.8. The van der Waals surface area contributed by atoms with Gasteiger partial charge in [-0.1, -0.05) is 28.1 Å². The van der Waals surface area contributed by atoms with Crippen LogP contribution in [0, 0.1) is 0 Å². The van der Waals surface area contributed by atoms with Crippen molar-refractivity contribution in [3.8, 4) is 21.0 Å². The molecule has 3 aromatic rings. The number of carbonyl (C=O) groups is 1. The maximum atomic E-state index is 11.7. The van der Waals surface area contributed by atoms with Gasteiger partial charge in [-0.05, 0) is 35.9 Å². The highest BCUT2D eigenvalue weighted by Crippen LogP contribution is 2.34. The van der Waals surface area contributed by atoms with Gasteiger partial charge in [-0.3, -0.25) is 9.89 Å². The van der Waals surface area contributed by atoms with Crippen LogP contribution in [0.1, 0.15) is 5.69 Å². The number of benzene rings is 1. The van der Waals surface area contributed by atoms with Crippen molar-refractivity contribution in [1.82, 2.24) is 10.2 Å². The molecule has 9 heteroatoms. The summed E-state index contributed by atoms with van der Waals surface area (Å²) in [6.45, 7) is 0.131. The average Bonchev–Trinajstić information content (AvgIpc) is 3.28. The molecule has 0 aliphatic carbocycles. The predicted octanol–water partition coefficient (Wildman–Crippen LogP) is 3.65. The molecule has 1 aromatic carbocycles. The number of aromatic amines is 1. The van der Waals surface area contributed by atoms with Crippen molar-refractivity contribution in [2.24, 2.45) is 0 Å². The Kier molecular flexibility index (Phi) is 5.59. The Bertz CT molecular complexity index is 1040. The number of ether oxygens (including phenoxy) is 1. The Morgan fingerprint density at radius 3 is 2.73 bits per heavy atom. The number of alkyl halides is 1. The van der Waals surface area contributed by atoms with E-state index in [1.165, 1.54) is 17.6 Å². The number of hydrogen-bond acceptors (Lipinski definition) is 6. The fourth-order valence-corrected chi connectivity index (χ4v) is 4.06. The van der Waals surface area contributed by atoms with Crippen LogP contribution in [0.25, 0.3) is 21.0 Å². The van der Waals surface area contributed by atoms with Crippen molar-refractivity contribution >= 4 is 43.1 Å². The number of nitrogens with one attached hydrogen (secondary N) is 1. The van der Waals surface area contributed by atoms with E-state index in [2.05, 4.69) is 26.1 Å². The van der Waals surface area contributed by atoms with Crippen molar-refractivity contribution in [2.45, 2.75) is 11.5 Å². The Morgan fingerprint density at radius 2 is 2.00 bits per heavy atom. The van der Waals surface area contributed by atoms with Crippen LogP contribution < -0.4 is 0 Å². The lowest BCUT2D eigenvalue weighted by Crippen LogP contribution is -2.05. The third-order valence-corrected chi connectivity index (χ3v) is 6.26. The van der Waals surface area contributed by atoms with Gasteiger partial charge < -0.3 is 4.74 Å². The Morgan fingerprint density at radius 1 is 1.23 bits per heavy atom. The average molecular weight is 455 g/mol. The molecule has 0 aliphatic heterocycles. The quantitative estimate of drug-likeness (QED) is 0.453. The van der Waals surface area contributed by atoms with Crippen LogP contribution in [0.2, 0.25) is 0 Å². The molecule has 0 unspecified atom stereocenters. The van der Waals surface area contributed by atoms with Gasteiger partial charge >= 0.3 is 5.97 Å². The fraction of sp³-hybridized carbons (Fsp3) is 0.176. The van der Waals surface area contributed by atoms with Gasteiger partial charge in [0.2, 0.25) is 0 Å². The second-order valence-corrected chi connectivity index (χ2v) is 9.20. The first-order valence-electron chi connectivity index (χ1n) is 7.53. The minimum Gasteiger partial charge on any atom is -0.459 e. The maximum absolute atomic E-state index is 11.7. The van der Waals surface area contributed by atoms with Crippen LogP contribution in [0.5, 0.6) is 0 Å². The Hall–Kier alpha value is -1.97. The van der Waals surface area contributed by atoms with E-state index >= 15 is 0 Å². The van der Waals surface area contributed by atoms with Crippen LogP contribution in [0.15, 0.2) is 47.4 Å². The van der Waals surface area contributed by atoms with Gasteiger partial charge in [0.25, 0.3) is 0 Å². The zero-order chi connectivity index (χ0) is 18.7. The number of aromatic nitrogens is 2. The number of carbonyl (C=O) groups excluding carboxylic acids is 1. The SMILES string of the molecule is CS(=O)(=O)c1cccc(-c2ccc(-c3cc(COC(=O)CBr)[nH]n3)s2)c1. The van der Waals surface area contributed by atoms with Crippen LogP contribution in [-0.4, -0.2) is 36.2 Å². The van der Waals surface area contributed by atoms with E-state index in [9.17, 15) is 13.2 Å². The van der Waals surface area contributed by atoms with Gasteiger partial charge in [-0.25, -0.2) is 8.42 Å². The summed E-state index contributed by atoms with van der Waals surface area (Å²) >= 11 is 4.54. The monoisotopic (exact) mass is 454 g/mol. The van der Waals surface area contributed by atoms with Gasteiger partial charge in [0.1, 0.15) is 17.6 Å². The Balaban J connectivity index is 1.80. The number of esters is 1. The van der Waals surface area contributed by atoms with Gasteiger partial charge in [0.15, 0.2) is 9.84 Å². The molecule has 0 saturated carbocycles. The number of nitrogens with zero attached hydrogens (tertiary/aromatic N) is 1. The number of thiophene rings is 1. The molecule has 1 N–H and O–H groups in total. The zero-order valence-electron chi connectivity index (χ0n) is 13.7. The molecule has 6 nitrogen and oxygen atoms in total. The van der Waals surface area contributed by atoms with E-state index in [0.717, 1.165) is 21.0 Å².